The minimum absolute atomic E-state index is 0.0868. The fourth-order valence-corrected chi connectivity index (χ4v) is 3.68. The molecular weight excluding hydrogens is 322 g/mol. The number of amides is 1. The topological polar surface area (TPSA) is 72.7 Å². The summed E-state index contributed by atoms with van der Waals surface area (Å²) in [5, 5.41) is 13.8. The van der Waals surface area contributed by atoms with Gasteiger partial charge in [-0.1, -0.05) is 30.3 Å². The minimum atomic E-state index is -0.110. The standard InChI is InChI=1S/C17H17N5OS/c1-11-20-21-15-8-7-13(9-22(11)15)18-16(23)17-19-14(10-24-17)12-5-3-2-4-6-12/h2-6,10,13H,7-9H2,1H3,(H,18,23)/t13-/m0/s1. The van der Waals surface area contributed by atoms with Crippen molar-refractivity contribution < 1.29 is 4.79 Å². The highest BCUT2D eigenvalue weighted by atomic mass is 32.1. The van der Waals surface area contributed by atoms with Gasteiger partial charge in [0.2, 0.25) is 0 Å². The Hall–Kier alpha value is -2.54. The first kappa shape index (κ1) is 15.0. The second-order valence-corrected chi connectivity index (χ2v) is 6.75. The van der Waals surface area contributed by atoms with Gasteiger partial charge < -0.3 is 9.88 Å². The number of carbonyl (C=O) groups excluding carboxylic acids is 1. The zero-order valence-electron chi connectivity index (χ0n) is 13.3. The Morgan fingerprint density at radius 3 is 2.96 bits per heavy atom. The van der Waals surface area contributed by atoms with Crippen LogP contribution in [0.1, 0.15) is 27.9 Å². The van der Waals surface area contributed by atoms with E-state index in [0.29, 0.717) is 5.01 Å². The molecule has 0 saturated heterocycles. The van der Waals surface area contributed by atoms with Crippen LogP contribution in [0.2, 0.25) is 0 Å². The first-order chi connectivity index (χ1) is 11.7. The lowest BCUT2D eigenvalue weighted by Crippen LogP contribution is -2.41. The molecule has 1 aliphatic heterocycles. The smallest absolute Gasteiger partial charge is 0.280 e. The second kappa shape index (κ2) is 6.16. The molecule has 7 heteroatoms. The van der Waals surface area contributed by atoms with Gasteiger partial charge in [0.05, 0.1) is 5.69 Å². The summed E-state index contributed by atoms with van der Waals surface area (Å²) in [5.74, 6) is 1.78. The predicted octanol–water partition coefficient (Wildman–Crippen LogP) is 2.45. The van der Waals surface area contributed by atoms with E-state index in [-0.39, 0.29) is 11.9 Å². The molecule has 0 saturated carbocycles. The lowest BCUT2D eigenvalue weighted by molar-refractivity contribution is 0.0927. The SMILES string of the molecule is Cc1nnc2n1C[C@@H](NC(=O)c1nc(-c3ccccc3)cs1)CC2. The summed E-state index contributed by atoms with van der Waals surface area (Å²) in [5.41, 5.74) is 1.86. The molecule has 0 bridgehead atoms. The largest absolute Gasteiger partial charge is 0.345 e. The van der Waals surface area contributed by atoms with Crippen molar-refractivity contribution in [2.24, 2.45) is 0 Å². The molecule has 0 fully saturated rings. The minimum Gasteiger partial charge on any atom is -0.345 e. The zero-order valence-corrected chi connectivity index (χ0v) is 14.1. The van der Waals surface area contributed by atoms with Gasteiger partial charge in [-0.05, 0) is 13.3 Å². The average Bonchev–Trinajstić information content (AvgIpc) is 3.24. The summed E-state index contributed by atoms with van der Waals surface area (Å²) < 4.78 is 2.08. The Kier molecular flexibility index (Phi) is 3.86. The maximum atomic E-state index is 12.5. The van der Waals surface area contributed by atoms with Crippen molar-refractivity contribution in [3.05, 3.63) is 52.4 Å². The average molecular weight is 339 g/mol. The molecule has 24 heavy (non-hydrogen) atoms. The fourth-order valence-electron chi connectivity index (χ4n) is 2.95. The number of aryl methyl sites for hydroxylation is 2. The summed E-state index contributed by atoms with van der Waals surface area (Å²) >= 11 is 1.38. The van der Waals surface area contributed by atoms with Gasteiger partial charge in [0.1, 0.15) is 11.6 Å². The molecule has 1 N–H and O–H groups in total. The van der Waals surface area contributed by atoms with Crippen molar-refractivity contribution in [3.8, 4) is 11.3 Å². The Morgan fingerprint density at radius 2 is 2.12 bits per heavy atom. The van der Waals surface area contributed by atoms with Crippen LogP contribution in [0.3, 0.4) is 0 Å². The maximum absolute atomic E-state index is 12.5. The van der Waals surface area contributed by atoms with E-state index in [1.165, 1.54) is 11.3 Å². The molecule has 1 atom stereocenters. The Bertz CT molecular complexity index is 870. The highest BCUT2D eigenvalue weighted by molar-refractivity contribution is 7.12. The van der Waals surface area contributed by atoms with Crippen LogP contribution >= 0.6 is 11.3 Å². The summed E-state index contributed by atoms with van der Waals surface area (Å²) in [6.07, 6.45) is 1.71. The van der Waals surface area contributed by atoms with Crippen molar-refractivity contribution in [1.82, 2.24) is 25.1 Å². The third-order valence-corrected chi connectivity index (χ3v) is 5.08. The molecule has 2 aromatic heterocycles. The number of fused-ring (bicyclic) bond motifs is 1. The molecular formula is C17H17N5OS. The Balaban J connectivity index is 1.46. The van der Waals surface area contributed by atoms with Crippen molar-refractivity contribution >= 4 is 17.2 Å². The Morgan fingerprint density at radius 1 is 1.29 bits per heavy atom. The van der Waals surface area contributed by atoms with Crippen LogP contribution in [-0.4, -0.2) is 31.7 Å². The van der Waals surface area contributed by atoms with E-state index >= 15 is 0 Å². The molecule has 0 aliphatic carbocycles. The number of rotatable bonds is 3. The monoisotopic (exact) mass is 339 g/mol. The number of nitrogens with one attached hydrogen (secondary N) is 1. The summed E-state index contributed by atoms with van der Waals surface area (Å²) in [6, 6.07) is 9.98. The quantitative estimate of drug-likeness (QED) is 0.795. The van der Waals surface area contributed by atoms with Crippen LogP contribution in [0.4, 0.5) is 0 Å². The number of nitrogens with zero attached hydrogens (tertiary/aromatic N) is 4. The number of thiazole rings is 1. The maximum Gasteiger partial charge on any atom is 0.280 e. The number of hydrogen-bond acceptors (Lipinski definition) is 5. The van der Waals surface area contributed by atoms with Gasteiger partial charge in [0, 0.05) is 30.0 Å². The molecule has 3 heterocycles. The molecule has 0 spiro atoms. The van der Waals surface area contributed by atoms with Crippen LogP contribution in [0.5, 0.6) is 0 Å². The van der Waals surface area contributed by atoms with Crippen molar-refractivity contribution in [2.45, 2.75) is 32.4 Å². The van der Waals surface area contributed by atoms with Gasteiger partial charge in [0.25, 0.3) is 5.91 Å². The number of aromatic nitrogens is 4. The highest BCUT2D eigenvalue weighted by Gasteiger charge is 2.24. The Labute approximate surface area is 143 Å². The molecule has 0 unspecified atom stereocenters. The van der Waals surface area contributed by atoms with Gasteiger partial charge >= 0.3 is 0 Å². The van der Waals surface area contributed by atoms with E-state index in [0.717, 1.165) is 42.3 Å². The van der Waals surface area contributed by atoms with Crippen molar-refractivity contribution in [1.29, 1.82) is 0 Å². The zero-order chi connectivity index (χ0) is 16.5. The normalized spacial score (nSPS) is 16.6. The van der Waals surface area contributed by atoms with Gasteiger partial charge in [-0.2, -0.15) is 0 Å². The van der Waals surface area contributed by atoms with E-state index in [9.17, 15) is 4.79 Å². The first-order valence-electron chi connectivity index (χ1n) is 7.91. The predicted molar refractivity (Wildman–Crippen MR) is 91.9 cm³/mol. The molecule has 0 radical (unpaired) electrons. The first-order valence-corrected chi connectivity index (χ1v) is 8.79. The lowest BCUT2D eigenvalue weighted by Gasteiger charge is -2.24. The summed E-state index contributed by atoms with van der Waals surface area (Å²) in [6.45, 7) is 2.66. The molecule has 6 nitrogen and oxygen atoms in total. The van der Waals surface area contributed by atoms with E-state index < -0.39 is 0 Å². The van der Waals surface area contributed by atoms with Gasteiger partial charge in [-0.3, -0.25) is 4.79 Å². The number of hydrogen-bond donors (Lipinski definition) is 1. The van der Waals surface area contributed by atoms with Crippen LogP contribution in [0, 0.1) is 6.92 Å². The summed E-state index contributed by atoms with van der Waals surface area (Å²) in [4.78, 5) is 17.0. The summed E-state index contributed by atoms with van der Waals surface area (Å²) in [7, 11) is 0. The van der Waals surface area contributed by atoms with Crippen molar-refractivity contribution in [3.63, 3.8) is 0 Å². The molecule has 4 rings (SSSR count). The highest BCUT2D eigenvalue weighted by Crippen LogP contribution is 2.22. The van der Waals surface area contributed by atoms with E-state index in [4.69, 9.17) is 0 Å². The molecule has 1 amide bonds. The van der Waals surface area contributed by atoms with Gasteiger partial charge in [0.15, 0.2) is 5.01 Å². The van der Waals surface area contributed by atoms with Crippen molar-refractivity contribution in [2.75, 3.05) is 0 Å². The number of benzene rings is 1. The lowest BCUT2D eigenvalue weighted by atomic mass is 10.1. The van der Waals surface area contributed by atoms with E-state index in [1.807, 2.05) is 42.6 Å². The molecule has 3 aromatic rings. The van der Waals surface area contributed by atoms with E-state index in [1.54, 1.807) is 0 Å². The number of carbonyl (C=O) groups is 1. The molecule has 122 valence electrons. The van der Waals surface area contributed by atoms with Gasteiger partial charge in [-0.25, -0.2) is 4.98 Å². The molecule has 1 aliphatic rings. The second-order valence-electron chi connectivity index (χ2n) is 5.89. The molecule has 1 aromatic carbocycles. The van der Waals surface area contributed by atoms with Crippen LogP contribution in [0.15, 0.2) is 35.7 Å². The van der Waals surface area contributed by atoms with Crippen LogP contribution in [-0.2, 0) is 13.0 Å². The fraction of sp³-hybridized carbons (Fsp3) is 0.294. The third kappa shape index (κ3) is 2.82. The third-order valence-electron chi connectivity index (χ3n) is 4.23. The van der Waals surface area contributed by atoms with E-state index in [2.05, 4.69) is 25.1 Å². The van der Waals surface area contributed by atoms with Crippen LogP contribution in [0.25, 0.3) is 11.3 Å². The van der Waals surface area contributed by atoms with Crippen LogP contribution < -0.4 is 5.32 Å². The van der Waals surface area contributed by atoms with Gasteiger partial charge in [-0.15, -0.1) is 21.5 Å².